The largest absolute Gasteiger partial charge is 0.325 e. The van der Waals surface area contributed by atoms with Crippen LogP contribution in [0.5, 0.6) is 0 Å². The van der Waals surface area contributed by atoms with Crippen molar-refractivity contribution in [3.8, 4) is 17.1 Å². The van der Waals surface area contributed by atoms with Crippen LogP contribution in [0.1, 0.15) is 5.56 Å². The number of aromatic nitrogens is 3. The molecule has 0 radical (unpaired) electrons. The summed E-state index contributed by atoms with van der Waals surface area (Å²) >= 11 is 1.32. The third-order valence-electron chi connectivity index (χ3n) is 4.37. The molecule has 1 heterocycles. The second-order valence-electron chi connectivity index (χ2n) is 6.48. The number of nitrogens with zero attached hydrogens (tertiary/aromatic N) is 3. The Morgan fingerprint density at radius 3 is 2.31 bits per heavy atom. The lowest BCUT2D eigenvalue weighted by atomic mass is 10.2. The molecule has 1 amide bonds. The van der Waals surface area contributed by atoms with Gasteiger partial charge in [0, 0.05) is 11.3 Å². The zero-order valence-electron chi connectivity index (χ0n) is 15.9. The van der Waals surface area contributed by atoms with Gasteiger partial charge >= 0.3 is 0 Å². The number of para-hydroxylation sites is 2. The van der Waals surface area contributed by atoms with Crippen LogP contribution >= 0.6 is 11.8 Å². The van der Waals surface area contributed by atoms with Crippen molar-refractivity contribution in [3.63, 3.8) is 0 Å². The number of aryl methyl sites for hydroxylation is 1. The van der Waals surface area contributed by atoms with Crippen molar-refractivity contribution < 1.29 is 4.79 Å². The minimum atomic E-state index is -0.0818. The molecular formula is C23H20N4OS. The predicted octanol–water partition coefficient (Wildman–Crippen LogP) is 4.97. The number of hydrogen-bond acceptors (Lipinski definition) is 4. The van der Waals surface area contributed by atoms with E-state index in [1.807, 2.05) is 96.5 Å². The second kappa shape index (κ2) is 8.75. The highest BCUT2D eigenvalue weighted by Gasteiger charge is 2.15. The van der Waals surface area contributed by atoms with Crippen LogP contribution in [-0.2, 0) is 4.79 Å². The fourth-order valence-electron chi connectivity index (χ4n) is 2.91. The van der Waals surface area contributed by atoms with Crippen LogP contribution in [-0.4, -0.2) is 26.4 Å². The zero-order valence-corrected chi connectivity index (χ0v) is 16.8. The number of hydrogen-bond donors (Lipinski definition) is 1. The van der Waals surface area contributed by atoms with E-state index >= 15 is 0 Å². The molecular weight excluding hydrogens is 380 g/mol. The Morgan fingerprint density at radius 2 is 1.59 bits per heavy atom. The first-order chi connectivity index (χ1) is 14.2. The highest BCUT2D eigenvalue weighted by atomic mass is 32.2. The van der Waals surface area contributed by atoms with Gasteiger partial charge in [0.05, 0.1) is 11.4 Å². The summed E-state index contributed by atoms with van der Waals surface area (Å²) in [5.41, 5.74) is 3.75. The summed E-state index contributed by atoms with van der Waals surface area (Å²) in [6, 6.07) is 27.5. The molecule has 0 fully saturated rings. The summed E-state index contributed by atoms with van der Waals surface area (Å²) in [7, 11) is 0. The maximum Gasteiger partial charge on any atom is 0.234 e. The molecule has 4 rings (SSSR count). The highest BCUT2D eigenvalue weighted by molar-refractivity contribution is 7.99. The van der Waals surface area contributed by atoms with Crippen LogP contribution in [0.3, 0.4) is 0 Å². The molecule has 0 bridgehead atoms. The standard InChI is InChI=1S/C23H20N4OS/c1-17-10-8-9-15-20(17)24-21(28)16-29-23-25-22(18-11-4-2-5-12-18)27(26-23)19-13-6-3-7-14-19/h2-15H,16H2,1H3,(H,24,28). The third-order valence-corrected chi connectivity index (χ3v) is 5.21. The van der Waals surface area contributed by atoms with Crippen LogP contribution < -0.4 is 5.32 Å². The summed E-state index contributed by atoms with van der Waals surface area (Å²) in [5.74, 6) is 0.904. The van der Waals surface area contributed by atoms with Gasteiger partial charge in [-0.1, -0.05) is 78.5 Å². The van der Waals surface area contributed by atoms with Crippen LogP contribution in [0.4, 0.5) is 5.69 Å². The molecule has 4 aromatic rings. The van der Waals surface area contributed by atoms with Crippen molar-refractivity contribution in [3.05, 3.63) is 90.5 Å². The lowest BCUT2D eigenvalue weighted by Gasteiger charge is -2.06. The van der Waals surface area contributed by atoms with Gasteiger partial charge < -0.3 is 5.32 Å². The first-order valence-corrected chi connectivity index (χ1v) is 10.3. The highest BCUT2D eigenvalue weighted by Crippen LogP contribution is 2.25. The predicted molar refractivity (Wildman–Crippen MR) is 117 cm³/mol. The summed E-state index contributed by atoms with van der Waals surface area (Å²) in [5, 5.41) is 8.15. The Labute approximate surface area is 173 Å². The Kier molecular flexibility index (Phi) is 5.72. The maximum absolute atomic E-state index is 12.4. The quantitative estimate of drug-likeness (QED) is 0.464. The SMILES string of the molecule is Cc1ccccc1NC(=O)CSc1nc(-c2ccccc2)n(-c2ccccc2)n1. The third kappa shape index (κ3) is 4.55. The molecule has 0 unspecified atom stereocenters. The number of carbonyl (C=O) groups excluding carboxylic acids is 1. The van der Waals surface area contributed by atoms with Gasteiger partial charge in [-0.2, -0.15) is 0 Å². The molecule has 5 nitrogen and oxygen atoms in total. The van der Waals surface area contributed by atoms with Gasteiger partial charge in [-0.15, -0.1) is 5.10 Å². The average Bonchev–Trinajstić information content (AvgIpc) is 3.20. The number of rotatable bonds is 6. The fourth-order valence-corrected chi connectivity index (χ4v) is 3.53. The van der Waals surface area contributed by atoms with Gasteiger partial charge in [0.15, 0.2) is 5.82 Å². The Morgan fingerprint density at radius 1 is 0.931 bits per heavy atom. The maximum atomic E-state index is 12.4. The van der Waals surface area contributed by atoms with Crippen molar-refractivity contribution in [1.29, 1.82) is 0 Å². The van der Waals surface area contributed by atoms with Crippen LogP contribution in [0.25, 0.3) is 17.1 Å². The molecule has 1 aromatic heterocycles. The molecule has 0 atom stereocenters. The second-order valence-corrected chi connectivity index (χ2v) is 7.43. The number of benzene rings is 3. The van der Waals surface area contributed by atoms with E-state index in [0.29, 0.717) is 5.16 Å². The zero-order chi connectivity index (χ0) is 20.1. The average molecular weight is 401 g/mol. The Bertz CT molecular complexity index is 1050. The van der Waals surface area contributed by atoms with E-state index in [2.05, 4.69) is 15.4 Å². The van der Waals surface area contributed by atoms with E-state index in [1.54, 1.807) is 0 Å². The van der Waals surface area contributed by atoms with Crippen molar-refractivity contribution in [1.82, 2.24) is 14.8 Å². The molecule has 0 saturated carbocycles. The molecule has 0 aliphatic carbocycles. The van der Waals surface area contributed by atoms with Gasteiger partial charge in [0.1, 0.15) is 0 Å². The molecule has 0 saturated heterocycles. The molecule has 0 aliphatic rings. The monoisotopic (exact) mass is 400 g/mol. The lowest BCUT2D eigenvalue weighted by molar-refractivity contribution is -0.113. The minimum Gasteiger partial charge on any atom is -0.325 e. The Balaban J connectivity index is 1.54. The molecule has 1 N–H and O–H groups in total. The first-order valence-electron chi connectivity index (χ1n) is 9.27. The fraction of sp³-hybridized carbons (Fsp3) is 0.0870. The summed E-state index contributed by atoms with van der Waals surface area (Å²) in [6.07, 6.45) is 0. The van der Waals surface area contributed by atoms with Gasteiger partial charge in [-0.05, 0) is 30.7 Å². The van der Waals surface area contributed by atoms with Gasteiger partial charge in [-0.3, -0.25) is 4.79 Å². The van der Waals surface area contributed by atoms with Gasteiger partial charge in [0.25, 0.3) is 0 Å². The van der Waals surface area contributed by atoms with Crippen molar-refractivity contribution >= 4 is 23.4 Å². The topological polar surface area (TPSA) is 59.8 Å². The lowest BCUT2D eigenvalue weighted by Crippen LogP contribution is -2.14. The van der Waals surface area contributed by atoms with E-state index < -0.39 is 0 Å². The van der Waals surface area contributed by atoms with Crippen LogP contribution in [0.2, 0.25) is 0 Å². The van der Waals surface area contributed by atoms with Crippen LogP contribution in [0, 0.1) is 6.92 Å². The van der Waals surface area contributed by atoms with Crippen molar-refractivity contribution in [2.24, 2.45) is 0 Å². The summed E-state index contributed by atoms with van der Waals surface area (Å²) in [4.78, 5) is 17.1. The molecule has 29 heavy (non-hydrogen) atoms. The number of amides is 1. The number of nitrogens with one attached hydrogen (secondary N) is 1. The number of thioether (sulfide) groups is 1. The molecule has 6 heteroatoms. The van der Waals surface area contributed by atoms with Gasteiger partial charge in [-0.25, -0.2) is 9.67 Å². The molecule has 0 aliphatic heterocycles. The minimum absolute atomic E-state index is 0.0818. The van der Waals surface area contributed by atoms with Crippen LogP contribution in [0.15, 0.2) is 90.1 Å². The number of carbonyl (C=O) groups is 1. The summed E-state index contributed by atoms with van der Waals surface area (Å²) in [6.45, 7) is 1.97. The molecule has 144 valence electrons. The van der Waals surface area contributed by atoms with E-state index in [9.17, 15) is 4.79 Å². The normalized spacial score (nSPS) is 10.7. The van der Waals surface area contributed by atoms with Gasteiger partial charge in [0.2, 0.25) is 11.1 Å². The number of anilines is 1. The first kappa shape index (κ1) is 19.0. The van der Waals surface area contributed by atoms with Crippen molar-refractivity contribution in [2.45, 2.75) is 12.1 Å². The van der Waals surface area contributed by atoms with Crippen molar-refractivity contribution in [2.75, 3.05) is 11.1 Å². The van der Waals surface area contributed by atoms with E-state index in [-0.39, 0.29) is 11.7 Å². The Hall–Kier alpha value is -3.38. The van der Waals surface area contributed by atoms with E-state index in [1.165, 1.54) is 11.8 Å². The summed E-state index contributed by atoms with van der Waals surface area (Å²) < 4.78 is 1.82. The van der Waals surface area contributed by atoms with E-state index in [0.717, 1.165) is 28.3 Å². The molecule has 3 aromatic carbocycles. The molecule has 0 spiro atoms. The smallest absolute Gasteiger partial charge is 0.234 e. The van der Waals surface area contributed by atoms with E-state index in [4.69, 9.17) is 0 Å².